The molecule has 2 aromatic heterocycles. The zero-order valence-electron chi connectivity index (χ0n) is 27.7. The van der Waals surface area contributed by atoms with E-state index in [1.165, 1.54) is 0 Å². The predicted octanol–water partition coefficient (Wildman–Crippen LogP) is 4.35. The number of phenolic OH excluding ortho intramolecular Hbond substituents is 1. The Morgan fingerprint density at radius 1 is 1.13 bits per heavy atom. The van der Waals surface area contributed by atoms with Crippen LogP contribution in [0.1, 0.15) is 57.5 Å². The minimum atomic E-state index is -0.617. The molecule has 4 aliphatic rings. The van der Waals surface area contributed by atoms with E-state index in [1.54, 1.807) is 19.0 Å². The number of hydrogen-bond acceptors (Lipinski definition) is 9. The fourth-order valence-corrected chi connectivity index (χ4v) is 7.26. The number of carbonyl (C=O) groups excluding carboxylic acids is 2. The highest BCUT2D eigenvalue weighted by Crippen LogP contribution is 2.53. The Labute approximate surface area is 274 Å². The first-order valence-corrected chi connectivity index (χ1v) is 16.3. The minimum absolute atomic E-state index is 0.00596. The molecule has 12 nitrogen and oxygen atoms in total. The van der Waals surface area contributed by atoms with Gasteiger partial charge in [0, 0.05) is 70.3 Å². The maximum Gasteiger partial charge on any atom is 0.410 e. The lowest BCUT2D eigenvalue weighted by molar-refractivity contribution is -0.128. The Morgan fingerprint density at radius 2 is 1.85 bits per heavy atom. The van der Waals surface area contributed by atoms with Crippen LogP contribution >= 0.6 is 11.6 Å². The number of hydrogen-bond donors (Lipinski definition) is 1. The summed E-state index contributed by atoms with van der Waals surface area (Å²) in [7, 11) is 7.59. The SMILES string of the molecule is CN(C)C(=O)CCc1nc2c(N3CC(N(C)C)C3)nc3c(O)c(Cl)c(CCC#N)cc3c2n1C1C2CC1N(C(=O)OC(C)(C)C)C2. The van der Waals surface area contributed by atoms with E-state index in [2.05, 4.69) is 34.5 Å². The van der Waals surface area contributed by atoms with Gasteiger partial charge in [0.1, 0.15) is 22.5 Å². The number of ether oxygens (including phenoxy) is 1. The van der Waals surface area contributed by atoms with Gasteiger partial charge in [-0.1, -0.05) is 11.6 Å². The molecule has 1 aromatic carbocycles. The van der Waals surface area contributed by atoms with Gasteiger partial charge in [-0.2, -0.15) is 5.26 Å². The lowest BCUT2D eigenvalue weighted by Gasteiger charge is -2.43. The number of carbonyl (C=O) groups is 2. The van der Waals surface area contributed by atoms with Crippen LogP contribution in [0.3, 0.4) is 0 Å². The molecule has 7 rings (SSSR count). The molecule has 0 spiro atoms. The van der Waals surface area contributed by atoms with Crippen LogP contribution in [0.5, 0.6) is 5.75 Å². The zero-order chi connectivity index (χ0) is 33.2. The number of aryl methyl sites for hydroxylation is 2. The van der Waals surface area contributed by atoms with E-state index in [1.807, 2.05) is 31.7 Å². The molecule has 0 radical (unpaired) electrons. The highest BCUT2D eigenvalue weighted by atomic mass is 35.5. The molecule has 3 aromatic rings. The number of anilines is 1. The molecular formula is C33H43ClN8O4. The van der Waals surface area contributed by atoms with Gasteiger partial charge in [-0.15, -0.1) is 0 Å². The van der Waals surface area contributed by atoms with E-state index in [-0.39, 0.29) is 53.6 Å². The highest BCUT2D eigenvalue weighted by Gasteiger charge is 2.56. The van der Waals surface area contributed by atoms with Crippen LogP contribution in [0.15, 0.2) is 6.07 Å². The predicted molar refractivity (Wildman–Crippen MR) is 176 cm³/mol. The Kier molecular flexibility index (Phi) is 8.22. The average molecular weight is 651 g/mol. The molecule has 3 atom stereocenters. The summed E-state index contributed by atoms with van der Waals surface area (Å²) in [4.78, 5) is 44.1. The second-order valence-electron chi connectivity index (χ2n) is 14.3. The minimum Gasteiger partial charge on any atom is -0.504 e. The van der Waals surface area contributed by atoms with E-state index in [0.717, 1.165) is 30.9 Å². The van der Waals surface area contributed by atoms with Gasteiger partial charge >= 0.3 is 6.09 Å². The number of nitriles is 1. The normalized spacial score (nSPS) is 21.1. The lowest BCUT2D eigenvalue weighted by Crippen LogP contribution is -2.57. The first kappa shape index (κ1) is 32.1. The Bertz CT molecular complexity index is 1750. The van der Waals surface area contributed by atoms with Crippen LogP contribution in [-0.2, 0) is 22.4 Å². The molecule has 2 amide bonds. The number of nitrogens with zero attached hydrogens (tertiary/aromatic N) is 8. The molecule has 2 bridgehead atoms. The molecular weight excluding hydrogens is 608 g/mol. The van der Waals surface area contributed by atoms with Crippen LogP contribution < -0.4 is 4.90 Å². The largest absolute Gasteiger partial charge is 0.504 e. The maximum atomic E-state index is 13.3. The van der Waals surface area contributed by atoms with Crippen molar-refractivity contribution in [1.82, 2.24) is 29.2 Å². The summed E-state index contributed by atoms with van der Waals surface area (Å²) in [5.74, 6) is 1.44. The van der Waals surface area contributed by atoms with Gasteiger partial charge in [-0.3, -0.25) is 4.79 Å². The maximum absolute atomic E-state index is 13.3. The first-order valence-electron chi connectivity index (χ1n) is 15.9. The van der Waals surface area contributed by atoms with Gasteiger partial charge in [0.05, 0.1) is 28.7 Å². The Balaban J connectivity index is 1.56. The monoisotopic (exact) mass is 650 g/mol. The molecule has 4 fully saturated rings. The molecule has 46 heavy (non-hydrogen) atoms. The van der Waals surface area contributed by atoms with Crippen LogP contribution in [0.25, 0.3) is 21.9 Å². The number of rotatable bonds is 8. The zero-order valence-corrected chi connectivity index (χ0v) is 28.4. The van der Waals surface area contributed by atoms with Crippen LogP contribution in [0.4, 0.5) is 10.6 Å². The smallest absolute Gasteiger partial charge is 0.410 e. The number of fused-ring (bicyclic) bond motifs is 4. The van der Waals surface area contributed by atoms with Crippen molar-refractivity contribution in [3.05, 3.63) is 22.5 Å². The van der Waals surface area contributed by atoms with Gasteiger partial charge in [0.15, 0.2) is 11.6 Å². The van der Waals surface area contributed by atoms with Gasteiger partial charge in [-0.05, 0) is 59.3 Å². The fraction of sp³-hybridized carbons (Fsp3) is 0.606. The van der Waals surface area contributed by atoms with Crippen molar-refractivity contribution in [2.45, 2.75) is 76.6 Å². The van der Waals surface area contributed by atoms with E-state index in [4.69, 9.17) is 26.3 Å². The standard InChI is InChI=1S/C33H43ClN8O4/c1-33(2,3)46-32(45)41-15-19-14-22(41)28(19)42-23(10-11-24(43)39(6)7)36-27-29(42)21-13-18(9-8-12-35)25(34)30(44)26(21)37-31(27)40-16-20(17-40)38(4)5/h13,19-20,22,28,44H,8-11,14-17H2,1-7H3. The van der Waals surface area contributed by atoms with E-state index in [9.17, 15) is 20.0 Å². The Hall–Kier alpha value is -3.82. The molecule has 13 heteroatoms. The molecule has 5 heterocycles. The summed E-state index contributed by atoms with van der Waals surface area (Å²) in [6.07, 6.45) is 1.80. The number of amides is 2. The molecule has 1 aliphatic carbocycles. The summed E-state index contributed by atoms with van der Waals surface area (Å²) >= 11 is 6.68. The number of aromatic hydroxyl groups is 1. The van der Waals surface area contributed by atoms with Gasteiger partial charge < -0.3 is 34.0 Å². The third-order valence-corrected chi connectivity index (χ3v) is 10.0. The van der Waals surface area contributed by atoms with Crippen molar-refractivity contribution in [2.24, 2.45) is 5.92 Å². The van der Waals surface area contributed by atoms with E-state index < -0.39 is 5.60 Å². The second-order valence-corrected chi connectivity index (χ2v) is 14.7. The van der Waals surface area contributed by atoms with Crippen LogP contribution in [0.2, 0.25) is 5.02 Å². The van der Waals surface area contributed by atoms with E-state index >= 15 is 0 Å². The van der Waals surface area contributed by atoms with Crippen molar-refractivity contribution in [1.29, 1.82) is 5.26 Å². The highest BCUT2D eigenvalue weighted by molar-refractivity contribution is 6.34. The molecule has 1 saturated carbocycles. The fourth-order valence-electron chi connectivity index (χ4n) is 7.02. The topological polar surface area (TPSA) is 131 Å². The summed E-state index contributed by atoms with van der Waals surface area (Å²) < 4.78 is 7.99. The van der Waals surface area contributed by atoms with Crippen molar-refractivity contribution in [2.75, 3.05) is 52.7 Å². The second kappa shape index (κ2) is 11.8. The van der Waals surface area contributed by atoms with Gasteiger partial charge in [0.25, 0.3) is 0 Å². The van der Waals surface area contributed by atoms with Crippen LogP contribution in [0, 0.1) is 17.2 Å². The summed E-state index contributed by atoms with van der Waals surface area (Å²) in [5, 5.41) is 21.7. The van der Waals surface area contributed by atoms with Crippen LogP contribution in [-0.4, -0.2) is 112 Å². The van der Waals surface area contributed by atoms with Gasteiger partial charge in [-0.25, -0.2) is 14.8 Å². The molecule has 3 saturated heterocycles. The van der Waals surface area contributed by atoms with Crippen molar-refractivity contribution in [3.63, 3.8) is 0 Å². The number of benzene rings is 1. The average Bonchev–Trinajstić information content (AvgIpc) is 3.64. The number of pyridine rings is 1. The third kappa shape index (κ3) is 5.47. The number of halogens is 1. The lowest BCUT2D eigenvalue weighted by atomic mass is 9.79. The number of imidazole rings is 1. The van der Waals surface area contributed by atoms with Gasteiger partial charge in [0.2, 0.25) is 5.91 Å². The van der Waals surface area contributed by atoms with Crippen molar-refractivity contribution in [3.8, 4) is 11.8 Å². The number of aromatic nitrogens is 3. The summed E-state index contributed by atoms with van der Waals surface area (Å²) in [6.45, 7) is 7.66. The first-order chi connectivity index (χ1) is 21.7. The van der Waals surface area contributed by atoms with E-state index in [0.29, 0.717) is 53.2 Å². The van der Waals surface area contributed by atoms with Crippen molar-refractivity contribution < 1.29 is 19.4 Å². The molecule has 3 unspecified atom stereocenters. The van der Waals surface area contributed by atoms with Crippen molar-refractivity contribution >= 4 is 51.4 Å². The Morgan fingerprint density at radius 3 is 2.48 bits per heavy atom. The number of phenols is 1. The number of likely N-dealkylation sites (N-methyl/N-ethyl adjacent to an activating group) is 1. The quantitative estimate of drug-likeness (QED) is 0.378. The third-order valence-electron chi connectivity index (χ3n) is 9.60. The molecule has 1 N–H and O–H groups in total. The summed E-state index contributed by atoms with van der Waals surface area (Å²) in [5.41, 5.74) is 1.91. The molecule has 3 aliphatic heterocycles. The summed E-state index contributed by atoms with van der Waals surface area (Å²) in [6, 6.07) is 4.25. The molecule has 246 valence electrons.